The number of Topliss-reactive ketones (excluding diaryl/α,β-unsaturated/α-hetero) is 1. The molecule has 0 aromatic heterocycles. The molecule has 1 saturated heterocycles. The van der Waals surface area contributed by atoms with Crippen molar-refractivity contribution in [2.75, 3.05) is 20.6 Å². The van der Waals surface area contributed by atoms with E-state index in [1.165, 1.54) is 0 Å². The van der Waals surface area contributed by atoms with Gasteiger partial charge in [-0.1, -0.05) is 42.5 Å². The molecule has 0 N–H and O–H groups in total. The molecule has 1 unspecified atom stereocenters. The lowest BCUT2D eigenvalue weighted by Crippen LogP contribution is -2.43. The van der Waals surface area contributed by atoms with Crippen molar-refractivity contribution >= 4 is 28.2 Å². The Morgan fingerprint density at radius 3 is 2.64 bits per heavy atom. The second-order valence-corrected chi connectivity index (χ2v) is 7.02. The van der Waals surface area contributed by atoms with E-state index in [1.54, 1.807) is 19.0 Å². The topological polar surface area (TPSA) is 40.6 Å². The van der Waals surface area contributed by atoms with Crippen molar-refractivity contribution in [1.82, 2.24) is 9.80 Å². The van der Waals surface area contributed by atoms with E-state index in [0.29, 0.717) is 13.0 Å². The third-order valence-electron chi connectivity index (χ3n) is 5.33. The smallest absolute Gasteiger partial charge is 0.319 e. The number of ketones is 1. The first-order valence-electron chi connectivity index (χ1n) is 8.80. The number of likely N-dealkylation sites (tertiary alicyclic amines) is 1. The van der Waals surface area contributed by atoms with Crippen molar-refractivity contribution in [3.05, 3.63) is 53.6 Å². The zero-order valence-corrected chi connectivity index (χ0v) is 14.7. The zero-order chi connectivity index (χ0) is 17.6. The van der Waals surface area contributed by atoms with Crippen molar-refractivity contribution in [2.24, 2.45) is 0 Å². The fourth-order valence-corrected chi connectivity index (χ4v) is 4.20. The number of amides is 2. The van der Waals surface area contributed by atoms with Gasteiger partial charge in [-0.05, 0) is 34.8 Å². The molecule has 2 aliphatic rings. The summed E-state index contributed by atoms with van der Waals surface area (Å²) in [5.41, 5.74) is 3.01. The van der Waals surface area contributed by atoms with E-state index in [4.69, 9.17) is 0 Å². The highest BCUT2D eigenvalue weighted by atomic mass is 16.2. The van der Waals surface area contributed by atoms with Crippen molar-refractivity contribution < 1.29 is 9.59 Å². The van der Waals surface area contributed by atoms with E-state index in [0.717, 1.165) is 40.3 Å². The average molecular weight is 334 g/mol. The molecule has 0 bridgehead atoms. The van der Waals surface area contributed by atoms with Gasteiger partial charge < -0.3 is 9.80 Å². The molecule has 4 rings (SSSR count). The number of allylic oxidation sites excluding steroid dienone is 1. The maximum atomic E-state index is 12.8. The molecule has 4 nitrogen and oxygen atoms in total. The summed E-state index contributed by atoms with van der Waals surface area (Å²) < 4.78 is 0. The largest absolute Gasteiger partial charge is 0.331 e. The Labute approximate surface area is 147 Å². The van der Waals surface area contributed by atoms with Crippen LogP contribution in [0, 0.1) is 0 Å². The molecule has 4 heteroatoms. The van der Waals surface area contributed by atoms with Crippen LogP contribution in [0.15, 0.2) is 48.0 Å². The van der Waals surface area contributed by atoms with Crippen molar-refractivity contribution in [2.45, 2.75) is 25.3 Å². The number of rotatable bonds is 1. The van der Waals surface area contributed by atoms with Crippen LogP contribution in [0.2, 0.25) is 0 Å². The third-order valence-corrected chi connectivity index (χ3v) is 5.33. The standard InChI is InChI=1S/C21H22N2O2/c1-22(2)21(25)23-13-12-17-18(23)10-11-19(24)20(17)16-9-5-7-14-6-3-4-8-15(14)16/h3-9,18H,10-13H2,1-2H3. The van der Waals surface area contributed by atoms with Gasteiger partial charge in [0.25, 0.3) is 0 Å². The fourth-order valence-electron chi connectivity index (χ4n) is 4.20. The molecule has 0 radical (unpaired) electrons. The predicted octanol–water partition coefficient (Wildman–Crippen LogP) is 3.71. The first-order valence-corrected chi connectivity index (χ1v) is 8.80. The first kappa shape index (κ1) is 15.9. The molecule has 2 aromatic carbocycles. The Bertz CT molecular complexity index is 892. The molecule has 128 valence electrons. The molecule has 1 aliphatic carbocycles. The normalized spacial score (nSPS) is 20.2. The van der Waals surface area contributed by atoms with Crippen LogP contribution in [0.5, 0.6) is 0 Å². The Morgan fingerprint density at radius 1 is 1.08 bits per heavy atom. The van der Waals surface area contributed by atoms with Gasteiger partial charge in [-0.3, -0.25) is 4.79 Å². The Hall–Kier alpha value is -2.62. The summed E-state index contributed by atoms with van der Waals surface area (Å²) >= 11 is 0. The van der Waals surface area contributed by atoms with Gasteiger partial charge in [0.1, 0.15) is 0 Å². The highest BCUT2D eigenvalue weighted by Gasteiger charge is 2.40. The van der Waals surface area contributed by atoms with E-state index < -0.39 is 0 Å². The number of carbonyl (C=O) groups excluding carboxylic acids is 2. The number of nitrogens with zero attached hydrogens (tertiary/aromatic N) is 2. The molecular formula is C21H22N2O2. The molecular weight excluding hydrogens is 312 g/mol. The number of carbonyl (C=O) groups is 2. The first-order chi connectivity index (χ1) is 12.1. The second kappa shape index (κ2) is 6.03. The Morgan fingerprint density at radius 2 is 1.84 bits per heavy atom. The number of hydrogen-bond donors (Lipinski definition) is 0. The van der Waals surface area contributed by atoms with Crippen LogP contribution in [0.1, 0.15) is 24.8 Å². The molecule has 2 amide bonds. The summed E-state index contributed by atoms with van der Waals surface area (Å²) in [6.45, 7) is 0.693. The number of benzene rings is 2. The average Bonchev–Trinajstić information content (AvgIpc) is 3.04. The maximum Gasteiger partial charge on any atom is 0.319 e. The van der Waals surface area contributed by atoms with E-state index in [9.17, 15) is 9.59 Å². The van der Waals surface area contributed by atoms with Crippen LogP contribution in [0.3, 0.4) is 0 Å². The van der Waals surface area contributed by atoms with Gasteiger partial charge in [0.15, 0.2) is 5.78 Å². The van der Waals surface area contributed by atoms with E-state index >= 15 is 0 Å². The quantitative estimate of drug-likeness (QED) is 0.797. The summed E-state index contributed by atoms with van der Waals surface area (Å²) in [4.78, 5) is 28.8. The lowest BCUT2D eigenvalue weighted by molar-refractivity contribution is -0.114. The minimum absolute atomic E-state index is 0.0339. The van der Waals surface area contributed by atoms with Crippen molar-refractivity contribution in [3.8, 4) is 0 Å². The summed E-state index contributed by atoms with van der Waals surface area (Å²) in [5, 5.41) is 2.25. The predicted molar refractivity (Wildman–Crippen MR) is 99.3 cm³/mol. The second-order valence-electron chi connectivity index (χ2n) is 7.02. The minimum Gasteiger partial charge on any atom is -0.331 e. The summed E-state index contributed by atoms with van der Waals surface area (Å²) in [6, 6.07) is 14.4. The molecule has 25 heavy (non-hydrogen) atoms. The van der Waals surface area contributed by atoms with Crippen LogP contribution in [0.25, 0.3) is 16.3 Å². The van der Waals surface area contributed by atoms with Gasteiger partial charge in [-0.2, -0.15) is 0 Å². The van der Waals surface area contributed by atoms with Gasteiger partial charge in [0.05, 0.1) is 6.04 Å². The van der Waals surface area contributed by atoms with Crippen molar-refractivity contribution in [3.63, 3.8) is 0 Å². The van der Waals surface area contributed by atoms with E-state index in [1.807, 2.05) is 29.2 Å². The van der Waals surface area contributed by atoms with Crippen LogP contribution < -0.4 is 0 Å². The van der Waals surface area contributed by atoms with Gasteiger partial charge in [-0.15, -0.1) is 0 Å². The van der Waals surface area contributed by atoms with Crippen LogP contribution in [-0.2, 0) is 4.79 Å². The van der Waals surface area contributed by atoms with E-state index in [-0.39, 0.29) is 17.9 Å². The highest BCUT2D eigenvalue weighted by molar-refractivity contribution is 6.25. The lowest BCUT2D eigenvalue weighted by Gasteiger charge is -2.31. The molecule has 1 aliphatic heterocycles. The monoisotopic (exact) mass is 334 g/mol. The molecule has 1 atom stereocenters. The van der Waals surface area contributed by atoms with Gasteiger partial charge in [0, 0.05) is 32.6 Å². The number of urea groups is 1. The van der Waals surface area contributed by atoms with Crippen LogP contribution >= 0.6 is 0 Å². The van der Waals surface area contributed by atoms with Gasteiger partial charge >= 0.3 is 6.03 Å². The van der Waals surface area contributed by atoms with E-state index in [2.05, 4.69) is 18.2 Å². The molecule has 1 heterocycles. The van der Waals surface area contributed by atoms with Crippen LogP contribution in [-0.4, -0.2) is 48.3 Å². The summed E-state index contributed by atoms with van der Waals surface area (Å²) in [5.74, 6) is 0.210. The Kier molecular flexibility index (Phi) is 3.83. The van der Waals surface area contributed by atoms with Gasteiger partial charge in [-0.25, -0.2) is 4.79 Å². The maximum absolute atomic E-state index is 12.8. The number of fused-ring (bicyclic) bond motifs is 2. The summed E-state index contributed by atoms with van der Waals surface area (Å²) in [7, 11) is 3.56. The highest BCUT2D eigenvalue weighted by Crippen LogP contribution is 2.40. The van der Waals surface area contributed by atoms with Crippen LogP contribution in [0.4, 0.5) is 4.79 Å². The Balaban J connectivity index is 1.86. The zero-order valence-electron chi connectivity index (χ0n) is 14.7. The molecule has 1 fully saturated rings. The number of hydrogen-bond acceptors (Lipinski definition) is 2. The molecule has 0 spiro atoms. The minimum atomic E-state index is 0.0339. The lowest BCUT2D eigenvalue weighted by atomic mass is 9.82. The van der Waals surface area contributed by atoms with Crippen molar-refractivity contribution in [1.29, 1.82) is 0 Å². The summed E-state index contributed by atoms with van der Waals surface area (Å²) in [6.07, 6.45) is 2.03. The molecule has 2 aromatic rings. The molecule has 0 saturated carbocycles. The third kappa shape index (κ3) is 2.53. The van der Waals surface area contributed by atoms with Gasteiger partial charge in [0.2, 0.25) is 0 Å². The SMILES string of the molecule is CN(C)C(=O)N1CCC2=C(c3cccc4ccccc34)C(=O)CCC21. The fraction of sp³-hybridized carbons (Fsp3) is 0.333.